The Morgan fingerprint density at radius 1 is 1.55 bits per heavy atom. The summed E-state index contributed by atoms with van der Waals surface area (Å²) < 4.78 is 1.91. The van der Waals surface area contributed by atoms with E-state index in [2.05, 4.69) is 46.0 Å². The average molecular weight is 296 g/mol. The van der Waals surface area contributed by atoms with Gasteiger partial charge in [-0.3, -0.25) is 0 Å². The van der Waals surface area contributed by atoms with Crippen molar-refractivity contribution in [2.75, 3.05) is 25.4 Å². The van der Waals surface area contributed by atoms with Gasteiger partial charge in [0.15, 0.2) is 11.8 Å². The normalized spacial score (nSPS) is 20.2. The maximum Gasteiger partial charge on any atom is 0.194 e. The minimum Gasteiger partial charge on any atom is -0.357 e. The highest BCUT2D eigenvalue weighted by Gasteiger charge is 2.21. The standard InChI is InChI=1S/C13H24N6S/c1-4-11-9-19(6-7-20-11)13(14-5-2)15-8-12-17-16-10-18(12)3/h10-11H,4-9H2,1-3H3,(H,14,15). The Morgan fingerprint density at radius 2 is 2.40 bits per heavy atom. The van der Waals surface area contributed by atoms with Gasteiger partial charge >= 0.3 is 0 Å². The molecule has 6 nitrogen and oxygen atoms in total. The molecule has 0 radical (unpaired) electrons. The van der Waals surface area contributed by atoms with Crippen molar-refractivity contribution in [3.8, 4) is 0 Å². The van der Waals surface area contributed by atoms with Crippen molar-refractivity contribution in [2.45, 2.75) is 32.1 Å². The van der Waals surface area contributed by atoms with Gasteiger partial charge in [-0.2, -0.15) is 11.8 Å². The number of thioether (sulfide) groups is 1. The summed E-state index contributed by atoms with van der Waals surface area (Å²) in [6.07, 6.45) is 2.92. The minimum absolute atomic E-state index is 0.569. The molecule has 0 bridgehead atoms. The van der Waals surface area contributed by atoms with Gasteiger partial charge in [-0.1, -0.05) is 6.92 Å². The van der Waals surface area contributed by atoms with Crippen LogP contribution in [0.15, 0.2) is 11.3 Å². The van der Waals surface area contributed by atoms with Crippen LogP contribution in [0.1, 0.15) is 26.1 Å². The van der Waals surface area contributed by atoms with Crippen LogP contribution in [0, 0.1) is 0 Å². The minimum atomic E-state index is 0.569. The SMILES string of the molecule is CCNC(=NCc1nncn1C)N1CCSC(CC)C1. The number of aromatic nitrogens is 3. The van der Waals surface area contributed by atoms with Crippen molar-refractivity contribution in [3.63, 3.8) is 0 Å². The maximum absolute atomic E-state index is 4.71. The van der Waals surface area contributed by atoms with Gasteiger partial charge in [0, 0.05) is 37.7 Å². The van der Waals surface area contributed by atoms with E-state index in [1.165, 1.54) is 12.2 Å². The van der Waals surface area contributed by atoms with E-state index in [4.69, 9.17) is 4.99 Å². The topological polar surface area (TPSA) is 58.3 Å². The molecule has 1 N–H and O–H groups in total. The van der Waals surface area contributed by atoms with E-state index >= 15 is 0 Å². The first-order valence-corrected chi connectivity index (χ1v) is 8.27. The molecule has 0 spiro atoms. The van der Waals surface area contributed by atoms with Gasteiger partial charge in [0.25, 0.3) is 0 Å². The molecule has 7 heteroatoms. The molecule has 1 aliphatic rings. The van der Waals surface area contributed by atoms with Crippen molar-refractivity contribution in [1.82, 2.24) is 25.0 Å². The summed E-state index contributed by atoms with van der Waals surface area (Å²) in [4.78, 5) is 7.07. The Morgan fingerprint density at radius 3 is 3.05 bits per heavy atom. The van der Waals surface area contributed by atoms with Gasteiger partial charge in [0.05, 0.1) is 0 Å². The number of aryl methyl sites for hydroxylation is 1. The molecule has 0 aliphatic carbocycles. The lowest BCUT2D eigenvalue weighted by Crippen LogP contribution is -2.48. The molecular weight excluding hydrogens is 272 g/mol. The van der Waals surface area contributed by atoms with Crippen LogP contribution in [0.2, 0.25) is 0 Å². The molecule has 1 aromatic rings. The molecule has 20 heavy (non-hydrogen) atoms. The van der Waals surface area contributed by atoms with Gasteiger partial charge in [0.1, 0.15) is 12.9 Å². The third kappa shape index (κ3) is 3.88. The molecule has 1 atom stereocenters. The molecule has 0 saturated carbocycles. The average Bonchev–Trinajstić information content (AvgIpc) is 2.89. The van der Waals surface area contributed by atoms with E-state index < -0.39 is 0 Å². The number of rotatable bonds is 4. The van der Waals surface area contributed by atoms with Crippen LogP contribution < -0.4 is 5.32 Å². The fraction of sp³-hybridized carbons (Fsp3) is 0.769. The van der Waals surface area contributed by atoms with Crippen molar-refractivity contribution in [1.29, 1.82) is 0 Å². The molecule has 2 rings (SSSR count). The Hall–Kier alpha value is -1.24. The number of guanidine groups is 1. The first-order chi connectivity index (χ1) is 9.74. The zero-order valence-corrected chi connectivity index (χ0v) is 13.4. The van der Waals surface area contributed by atoms with Gasteiger partial charge in [-0.25, -0.2) is 4.99 Å². The highest BCUT2D eigenvalue weighted by Crippen LogP contribution is 2.21. The molecule has 1 aliphatic heterocycles. The fourth-order valence-corrected chi connectivity index (χ4v) is 3.36. The highest BCUT2D eigenvalue weighted by molar-refractivity contribution is 8.00. The smallest absolute Gasteiger partial charge is 0.194 e. The van der Waals surface area contributed by atoms with E-state index in [-0.39, 0.29) is 0 Å². The molecule has 1 unspecified atom stereocenters. The van der Waals surface area contributed by atoms with Crippen LogP contribution in [-0.2, 0) is 13.6 Å². The predicted octanol–water partition coefficient (Wildman–Crippen LogP) is 1.11. The third-order valence-corrected chi connectivity index (χ3v) is 4.78. The Kier molecular flexibility index (Phi) is 5.70. The number of nitrogens with zero attached hydrogens (tertiary/aromatic N) is 5. The Balaban J connectivity index is 2.03. The Bertz CT molecular complexity index is 444. The van der Waals surface area contributed by atoms with Crippen molar-refractivity contribution < 1.29 is 0 Å². The molecule has 112 valence electrons. The number of nitrogens with one attached hydrogen (secondary N) is 1. The van der Waals surface area contributed by atoms with Crippen LogP contribution in [0.25, 0.3) is 0 Å². The highest BCUT2D eigenvalue weighted by atomic mass is 32.2. The third-order valence-electron chi connectivity index (χ3n) is 3.40. The number of hydrogen-bond acceptors (Lipinski definition) is 4. The molecule has 0 aromatic carbocycles. The molecule has 1 aromatic heterocycles. The summed E-state index contributed by atoms with van der Waals surface area (Å²) in [7, 11) is 1.95. The molecular formula is C13H24N6S. The summed E-state index contributed by atoms with van der Waals surface area (Å²) in [6.45, 7) is 7.95. The van der Waals surface area contributed by atoms with Gasteiger partial charge in [0.2, 0.25) is 0 Å². The summed E-state index contributed by atoms with van der Waals surface area (Å²) in [6, 6.07) is 0. The first-order valence-electron chi connectivity index (χ1n) is 7.22. The van der Waals surface area contributed by atoms with E-state index in [0.29, 0.717) is 11.8 Å². The van der Waals surface area contributed by atoms with Crippen molar-refractivity contribution in [2.24, 2.45) is 12.0 Å². The molecule has 0 amide bonds. The first kappa shape index (κ1) is 15.2. The maximum atomic E-state index is 4.71. The zero-order valence-electron chi connectivity index (χ0n) is 12.5. The second-order valence-corrected chi connectivity index (χ2v) is 6.28. The second-order valence-electron chi connectivity index (χ2n) is 4.88. The zero-order chi connectivity index (χ0) is 14.4. The molecule has 1 fully saturated rings. The monoisotopic (exact) mass is 296 g/mol. The van der Waals surface area contributed by atoms with Crippen molar-refractivity contribution >= 4 is 17.7 Å². The fourth-order valence-electron chi connectivity index (χ4n) is 2.18. The summed E-state index contributed by atoms with van der Waals surface area (Å²) in [5.74, 6) is 3.06. The van der Waals surface area contributed by atoms with Crippen LogP contribution >= 0.6 is 11.8 Å². The van der Waals surface area contributed by atoms with Gasteiger partial charge < -0.3 is 14.8 Å². The summed E-state index contributed by atoms with van der Waals surface area (Å²) in [5, 5.41) is 12.1. The van der Waals surface area contributed by atoms with Gasteiger partial charge in [-0.15, -0.1) is 10.2 Å². The number of hydrogen-bond donors (Lipinski definition) is 1. The van der Waals surface area contributed by atoms with Crippen LogP contribution in [0.3, 0.4) is 0 Å². The second kappa shape index (κ2) is 7.52. The van der Waals surface area contributed by atoms with Crippen LogP contribution in [0.4, 0.5) is 0 Å². The quantitative estimate of drug-likeness (QED) is 0.666. The van der Waals surface area contributed by atoms with E-state index in [1.807, 2.05) is 11.6 Å². The van der Waals surface area contributed by atoms with Crippen LogP contribution in [0.5, 0.6) is 0 Å². The Labute approximate surface area is 125 Å². The lowest BCUT2D eigenvalue weighted by atomic mass is 10.3. The molecule has 1 saturated heterocycles. The summed E-state index contributed by atoms with van der Waals surface area (Å²) in [5.41, 5.74) is 0. The largest absolute Gasteiger partial charge is 0.357 e. The summed E-state index contributed by atoms with van der Waals surface area (Å²) >= 11 is 2.07. The van der Waals surface area contributed by atoms with Crippen LogP contribution in [-0.4, -0.2) is 56.3 Å². The lowest BCUT2D eigenvalue weighted by Gasteiger charge is -2.34. The predicted molar refractivity (Wildman–Crippen MR) is 83.9 cm³/mol. The molecule has 2 heterocycles. The lowest BCUT2D eigenvalue weighted by molar-refractivity contribution is 0.408. The van der Waals surface area contributed by atoms with Crippen molar-refractivity contribution in [3.05, 3.63) is 12.2 Å². The van der Waals surface area contributed by atoms with E-state index in [0.717, 1.165) is 31.4 Å². The number of aliphatic imine (C=N–C) groups is 1. The van der Waals surface area contributed by atoms with Gasteiger partial charge in [-0.05, 0) is 13.3 Å². The van der Waals surface area contributed by atoms with E-state index in [9.17, 15) is 0 Å². The van der Waals surface area contributed by atoms with E-state index in [1.54, 1.807) is 6.33 Å².